The minimum absolute atomic E-state index is 0.0817. The summed E-state index contributed by atoms with van der Waals surface area (Å²) in [5.41, 5.74) is 5.01. The summed E-state index contributed by atoms with van der Waals surface area (Å²) in [5, 5.41) is 0. The highest BCUT2D eigenvalue weighted by Crippen LogP contribution is 2.34. The van der Waals surface area contributed by atoms with E-state index in [2.05, 4.69) is 0 Å². The monoisotopic (exact) mass is 321 g/mol. The van der Waals surface area contributed by atoms with Crippen LogP contribution in [0.25, 0.3) is 0 Å². The van der Waals surface area contributed by atoms with Gasteiger partial charge < -0.3 is 0 Å². The smallest absolute Gasteiger partial charge is 0.238 e. The minimum Gasteiger partial charge on any atom is -0.274 e. The van der Waals surface area contributed by atoms with E-state index in [0.29, 0.717) is 6.42 Å². The minimum atomic E-state index is -0.293. The van der Waals surface area contributed by atoms with Gasteiger partial charge in [-0.3, -0.25) is 9.59 Å². The number of hydrogen-bond acceptors (Lipinski definition) is 2. The van der Waals surface area contributed by atoms with Crippen LogP contribution in [0.5, 0.6) is 0 Å². The van der Waals surface area contributed by atoms with Gasteiger partial charge in [-0.25, -0.2) is 4.90 Å². The van der Waals surface area contributed by atoms with Crippen LogP contribution in [0.2, 0.25) is 0 Å². The molecule has 2 aromatic rings. The van der Waals surface area contributed by atoms with Crippen LogP contribution in [-0.2, 0) is 16.0 Å². The van der Waals surface area contributed by atoms with Crippen LogP contribution in [0.4, 0.5) is 5.69 Å². The number of rotatable bonds is 3. The summed E-state index contributed by atoms with van der Waals surface area (Å²) in [6, 6.07) is 14.1. The highest BCUT2D eigenvalue weighted by molar-refractivity contribution is 6.22. The standard InChI is InChI=1S/C21H23NO2/c1-13-6-9-17(10-7-13)12-18-16(4)20(23)22(21(18)24)19-11-14(2)5-8-15(19)3/h5-11,16,18H,12H2,1-4H3/t16-,18-/m0/s1. The van der Waals surface area contributed by atoms with Crippen molar-refractivity contribution in [2.75, 3.05) is 4.90 Å². The molecule has 2 atom stereocenters. The molecule has 24 heavy (non-hydrogen) atoms. The van der Waals surface area contributed by atoms with Crippen LogP contribution in [0.3, 0.4) is 0 Å². The van der Waals surface area contributed by atoms with Gasteiger partial charge in [0.05, 0.1) is 11.6 Å². The molecule has 1 fully saturated rings. The Bertz CT molecular complexity index is 792. The quantitative estimate of drug-likeness (QED) is 0.802. The second-order valence-electron chi connectivity index (χ2n) is 6.89. The SMILES string of the molecule is Cc1ccc(C[C@@H]2C(=O)N(c3cc(C)ccc3C)C(=O)[C@H]2C)cc1. The fourth-order valence-electron chi connectivity index (χ4n) is 3.30. The van der Waals surface area contributed by atoms with E-state index in [4.69, 9.17) is 0 Å². The first-order chi connectivity index (χ1) is 11.4. The molecular formula is C21H23NO2. The van der Waals surface area contributed by atoms with Crippen LogP contribution >= 0.6 is 0 Å². The van der Waals surface area contributed by atoms with Gasteiger partial charge in [0.15, 0.2) is 0 Å². The van der Waals surface area contributed by atoms with Crippen LogP contribution in [0, 0.1) is 32.6 Å². The van der Waals surface area contributed by atoms with Gasteiger partial charge in [0.2, 0.25) is 11.8 Å². The van der Waals surface area contributed by atoms with Crippen molar-refractivity contribution >= 4 is 17.5 Å². The number of imide groups is 1. The molecule has 2 aromatic carbocycles. The normalized spacial score (nSPS) is 20.8. The summed E-state index contributed by atoms with van der Waals surface area (Å²) in [4.78, 5) is 27.1. The molecule has 1 aliphatic heterocycles. The molecule has 0 N–H and O–H groups in total. The van der Waals surface area contributed by atoms with Crippen molar-refractivity contribution in [1.82, 2.24) is 0 Å². The molecule has 1 saturated heterocycles. The van der Waals surface area contributed by atoms with Gasteiger partial charge in [-0.05, 0) is 49.9 Å². The van der Waals surface area contributed by atoms with Gasteiger partial charge in [0, 0.05) is 5.92 Å². The largest absolute Gasteiger partial charge is 0.274 e. The first-order valence-corrected chi connectivity index (χ1v) is 8.39. The molecular weight excluding hydrogens is 298 g/mol. The highest BCUT2D eigenvalue weighted by atomic mass is 16.2. The lowest BCUT2D eigenvalue weighted by molar-refractivity contribution is -0.122. The van der Waals surface area contributed by atoms with Crippen LogP contribution in [-0.4, -0.2) is 11.8 Å². The van der Waals surface area contributed by atoms with E-state index >= 15 is 0 Å². The first-order valence-electron chi connectivity index (χ1n) is 8.39. The molecule has 0 aromatic heterocycles. The lowest BCUT2D eigenvalue weighted by Gasteiger charge is -2.18. The Morgan fingerprint density at radius 3 is 2.17 bits per heavy atom. The third-order valence-corrected chi connectivity index (χ3v) is 4.93. The summed E-state index contributed by atoms with van der Waals surface area (Å²) in [6.07, 6.45) is 0.605. The van der Waals surface area contributed by atoms with Crippen molar-refractivity contribution in [3.05, 3.63) is 64.7 Å². The van der Waals surface area contributed by atoms with E-state index in [9.17, 15) is 9.59 Å². The number of benzene rings is 2. The fourth-order valence-corrected chi connectivity index (χ4v) is 3.30. The Morgan fingerprint density at radius 1 is 0.875 bits per heavy atom. The molecule has 1 heterocycles. The zero-order chi connectivity index (χ0) is 17.4. The summed E-state index contributed by atoms with van der Waals surface area (Å²) in [7, 11) is 0. The fraction of sp³-hybridized carbons (Fsp3) is 0.333. The van der Waals surface area contributed by atoms with E-state index in [1.807, 2.05) is 70.2 Å². The molecule has 0 radical (unpaired) electrons. The predicted molar refractivity (Wildman–Crippen MR) is 95.9 cm³/mol. The maximum Gasteiger partial charge on any atom is 0.238 e. The maximum absolute atomic E-state index is 13.0. The second-order valence-corrected chi connectivity index (χ2v) is 6.89. The zero-order valence-electron chi connectivity index (χ0n) is 14.7. The molecule has 0 saturated carbocycles. The van der Waals surface area contributed by atoms with Crippen LogP contribution in [0.15, 0.2) is 42.5 Å². The number of amides is 2. The molecule has 0 bridgehead atoms. The lowest BCUT2D eigenvalue weighted by Crippen LogP contribution is -2.31. The van der Waals surface area contributed by atoms with Crippen molar-refractivity contribution in [3.8, 4) is 0 Å². The molecule has 3 heteroatoms. The topological polar surface area (TPSA) is 37.4 Å². The number of aryl methyl sites for hydroxylation is 3. The Morgan fingerprint density at radius 2 is 1.50 bits per heavy atom. The summed E-state index contributed by atoms with van der Waals surface area (Å²) >= 11 is 0. The van der Waals surface area contributed by atoms with Crippen molar-refractivity contribution in [1.29, 1.82) is 0 Å². The summed E-state index contributed by atoms with van der Waals surface area (Å²) in [5.74, 6) is -0.758. The van der Waals surface area contributed by atoms with Gasteiger partial charge >= 0.3 is 0 Å². The number of anilines is 1. The van der Waals surface area contributed by atoms with Gasteiger partial charge in [-0.1, -0.05) is 48.9 Å². The van der Waals surface area contributed by atoms with Gasteiger partial charge in [-0.2, -0.15) is 0 Å². The van der Waals surface area contributed by atoms with Crippen molar-refractivity contribution in [2.24, 2.45) is 11.8 Å². The average Bonchev–Trinajstić information content (AvgIpc) is 2.76. The van der Waals surface area contributed by atoms with Crippen molar-refractivity contribution < 1.29 is 9.59 Å². The van der Waals surface area contributed by atoms with E-state index in [-0.39, 0.29) is 23.7 Å². The van der Waals surface area contributed by atoms with Gasteiger partial charge in [0.25, 0.3) is 0 Å². The first kappa shape index (κ1) is 16.4. The van der Waals surface area contributed by atoms with Crippen molar-refractivity contribution in [2.45, 2.75) is 34.1 Å². The number of nitrogens with zero attached hydrogens (tertiary/aromatic N) is 1. The Kier molecular flexibility index (Phi) is 4.27. The Balaban J connectivity index is 1.91. The molecule has 3 nitrogen and oxygen atoms in total. The van der Waals surface area contributed by atoms with Crippen molar-refractivity contribution in [3.63, 3.8) is 0 Å². The Labute approximate surface area is 143 Å². The molecule has 1 aliphatic rings. The zero-order valence-corrected chi connectivity index (χ0v) is 14.7. The lowest BCUT2D eigenvalue weighted by atomic mass is 9.90. The number of carbonyl (C=O) groups excluding carboxylic acids is 2. The molecule has 124 valence electrons. The third kappa shape index (κ3) is 2.86. The second kappa shape index (κ2) is 6.23. The molecule has 0 aliphatic carbocycles. The van der Waals surface area contributed by atoms with E-state index in [1.165, 1.54) is 10.5 Å². The molecule has 2 amide bonds. The van der Waals surface area contributed by atoms with E-state index in [1.54, 1.807) is 0 Å². The number of carbonyl (C=O) groups is 2. The third-order valence-electron chi connectivity index (χ3n) is 4.93. The van der Waals surface area contributed by atoms with Crippen LogP contribution in [0.1, 0.15) is 29.2 Å². The van der Waals surface area contributed by atoms with Gasteiger partial charge in [-0.15, -0.1) is 0 Å². The predicted octanol–water partition coefficient (Wildman–Crippen LogP) is 3.98. The molecule has 0 spiro atoms. The maximum atomic E-state index is 13.0. The van der Waals surface area contributed by atoms with E-state index < -0.39 is 0 Å². The van der Waals surface area contributed by atoms with Gasteiger partial charge in [0.1, 0.15) is 0 Å². The molecule has 3 rings (SSSR count). The molecule has 0 unspecified atom stereocenters. The average molecular weight is 321 g/mol. The highest BCUT2D eigenvalue weighted by Gasteiger charge is 2.45. The van der Waals surface area contributed by atoms with E-state index in [0.717, 1.165) is 22.4 Å². The number of hydrogen-bond donors (Lipinski definition) is 0. The van der Waals surface area contributed by atoms with Crippen LogP contribution < -0.4 is 4.90 Å². The Hall–Kier alpha value is -2.42. The summed E-state index contributed by atoms with van der Waals surface area (Å²) < 4.78 is 0. The summed E-state index contributed by atoms with van der Waals surface area (Å²) in [6.45, 7) is 7.82.